The van der Waals surface area contributed by atoms with Crippen LogP contribution in [0, 0.1) is 0 Å². The summed E-state index contributed by atoms with van der Waals surface area (Å²) in [5.41, 5.74) is 1.10. The van der Waals surface area contributed by atoms with Gasteiger partial charge in [-0.25, -0.2) is 9.67 Å². The summed E-state index contributed by atoms with van der Waals surface area (Å²) in [5.74, 6) is 3.13. The minimum Gasteiger partial charge on any atom is -0.496 e. The topological polar surface area (TPSA) is 95.7 Å². The molecule has 2 aliphatic heterocycles. The first-order valence-corrected chi connectivity index (χ1v) is 10.1. The van der Waals surface area contributed by atoms with Gasteiger partial charge in [-0.15, -0.1) is 0 Å². The van der Waals surface area contributed by atoms with Crippen molar-refractivity contribution < 1.29 is 24.1 Å². The minimum absolute atomic E-state index is 0.250. The van der Waals surface area contributed by atoms with Gasteiger partial charge in [0.15, 0.2) is 5.82 Å². The fourth-order valence-electron chi connectivity index (χ4n) is 4.14. The number of hydrogen-bond donors (Lipinski definition) is 1. The summed E-state index contributed by atoms with van der Waals surface area (Å²) in [4.78, 5) is 13.3. The smallest absolute Gasteiger partial charge is 0.290 e. The van der Waals surface area contributed by atoms with E-state index in [9.17, 15) is 0 Å². The van der Waals surface area contributed by atoms with Gasteiger partial charge in [0.1, 0.15) is 11.6 Å². The first-order chi connectivity index (χ1) is 14.2. The molecule has 2 bridgehead atoms. The molecule has 1 aromatic carbocycles. The van der Waals surface area contributed by atoms with E-state index in [1.807, 2.05) is 29.8 Å². The first kappa shape index (κ1) is 21.3. The average Bonchev–Trinajstić information content (AvgIpc) is 3.45. The zero-order valence-electron chi connectivity index (χ0n) is 17.0. The van der Waals surface area contributed by atoms with Crippen molar-refractivity contribution >= 4 is 6.47 Å². The van der Waals surface area contributed by atoms with E-state index in [1.54, 1.807) is 7.11 Å². The van der Waals surface area contributed by atoms with E-state index in [2.05, 4.69) is 6.07 Å². The van der Waals surface area contributed by atoms with Gasteiger partial charge < -0.3 is 19.3 Å². The Balaban J connectivity index is 0.000000755. The number of benzene rings is 1. The van der Waals surface area contributed by atoms with Crippen LogP contribution < -0.4 is 4.74 Å². The summed E-state index contributed by atoms with van der Waals surface area (Å²) in [6.07, 6.45) is 4.75. The van der Waals surface area contributed by atoms with Crippen molar-refractivity contribution in [3.8, 4) is 5.75 Å². The van der Waals surface area contributed by atoms with Gasteiger partial charge in [-0.2, -0.15) is 5.10 Å². The Morgan fingerprint density at radius 3 is 2.79 bits per heavy atom. The number of hydrogen-bond acceptors (Lipinski definition) is 6. The quantitative estimate of drug-likeness (QED) is 0.535. The highest BCUT2D eigenvalue weighted by Gasteiger charge is 2.43. The maximum absolute atomic E-state index is 8.36. The average molecular weight is 403 g/mol. The lowest BCUT2D eigenvalue weighted by Gasteiger charge is -2.18. The van der Waals surface area contributed by atoms with Gasteiger partial charge in [-0.1, -0.05) is 18.2 Å². The summed E-state index contributed by atoms with van der Waals surface area (Å²) in [6, 6.07) is 8.05. The molecule has 2 fully saturated rings. The predicted octanol–water partition coefficient (Wildman–Crippen LogP) is 2.65. The number of rotatable bonds is 8. The molecule has 8 nitrogen and oxygen atoms in total. The van der Waals surface area contributed by atoms with Gasteiger partial charge in [0, 0.05) is 24.5 Å². The standard InChI is InChI=1S/C20H27N3O3.CH2O2/c1-3-25-11-10-23-20(16-13-15-8-9-18(16)26-15)21-19(22-23)12-14-6-4-5-7-17(14)24-2;2-1-3/h4-7,15-16,18H,3,8-13H2,1-2H3;1H,(H,2,3)/t15-,16+,18+;/m0./s1. The van der Waals surface area contributed by atoms with E-state index >= 15 is 0 Å². The van der Waals surface area contributed by atoms with Gasteiger partial charge in [-0.3, -0.25) is 4.79 Å². The fraction of sp³-hybridized carbons (Fsp3) is 0.571. The van der Waals surface area contributed by atoms with Crippen molar-refractivity contribution in [1.82, 2.24) is 14.8 Å². The minimum atomic E-state index is -0.250. The Bertz CT molecular complexity index is 794. The van der Waals surface area contributed by atoms with Crippen LogP contribution in [-0.4, -0.2) is 58.9 Å². The van der Waals surface area contributed by atoms with E-state index in [1.165, 1.54) is 6.42 Å². The highest BCUT2D eigenvalue weighted by atomic mass is 16.5. The predicted molar refractivity (Wildman–Crippen MR) is 106 cm³/mol. The molecule has 1 N–H and O–H groups in total. The van der Waals surface area contributed by atoms with Crippen LogP contribution in [0.2, 0.25) is 0 Å². The molecule has 0 aliphatic carbocycles. The normalized spacial score (nSPS) is 22.2. The van der Waals surface area contributed by atoms with Crippen molar-refractivity contribution in [3.05, 3.63) is 41.5 Å². The lowest BCUT2D eigenvalue weighted by atomic mass is 9.88. The summed E-state index contributed by atoms with van der Waals surface area (Å²) in [5, 5.41) is 11.7. The number of para-hydroxylation sites is 1. The van der Waals surface area contributed by atoms with E-state index in [0.29, 0.717) is 31.2 Å². The van der Waals surface area contributed by atoms with Crippen LogP contribution in [0.25, 0.3) is 0 Å². The number of methoxy groups -OCH3 is 1. The monoisotopic (exact) mass is 403 g/mol. The lowest BCUT2D eigenvalue weighted by molar-refractivity contribution is -0.122. The summed E-state index contributed by atoms with van der Waals surface area (Å²) < 4.78 is 19.1. The van der Waals surface area contributed by atoms with Crippen molar-refractivity contribution in [2.75, 3.05) is 20.3 Å². The van der Waals surface area contributed by atoms with E-state index in [-0.39, 0.29) is 6.47 Å². The van der Waals surface area contributed by atoms with Crippen LogP contribution in [-0.2, 0) is 27.2 Å². The zero-order valence-corrected chi connectivity index (χ0v) is 17.0. The van der Waals surface area contributed by atoms with Crippen LogP contribution in [0.1, 0.15) is 49.3 Å². The Hall–Kier alpha value is -2.45. The Morgan fingerprint density at radius 2 is 2.14 bits per heavy atom. The van der Waals surface area contributed by atoms with Crippen molar-refractivity contribution in [3.63, 3.8) is 0 Å². The second-order valence-electron chi connectivity index (χ2n) is 7.12. The van der Waals surface area contributed by atoms with Crippen molar-refractivity contribution in [1.29, 1.82) is 0 Å². The molecule has 29 heavy (non-hydrogen) atoms. The van der Waals surface area contributed by atoms with Gasteiger partial charge in [-0.05, 0) is 32.3 Å². The van der Waals surface area contributed by atoms with Crippen LogP contribution >= 0.6 is 0 Å². The van der Waals surface area contributed by atoms with Crippen LogP contribution in [0.5, 0.6) is 5.75 Å². The number of nitrogens with zero attached hydrogens (tertiary/aromatic N) is 3. The van der Waals surface area contributed by atoms with Gasteiger partial charge >= 0.3 is 0 Å². The van der Waals surface area contributed by atoms with Gasteiger partial charge in [0.25, 0.3) is 6.47 Å². The number of aromatic nitrogens is 3. The molecule has 3 atom stereocenters. The fourth-order valence-corrected chi connectivity index (χ4v) is 4.14. The largest absolute Gasteiger partial charge is 0.496 e. The second kappa shape index (κ2) is 10.4. The molecule has 0 radical (unpaired) electrons. The third-order valence-corrected chi connectivity index (χ3v) is 5.37. The molecule has 3 heterocycles. The third-order valence-electron chi connectivity index (χ3n) is 5.37. The molecule has 8 heteroatoms. The number of carboxylic acid groups (broad SMARTS) is 1. The number of carbonyl (C=O) groups is 1. The third kappa shape index (κ3) is 5.13. The molecular formula is C21H29N3O5. The van der Waals surface area contributed by atoms with E-state index in [0.717, 1.165) is 49.0 Å². The molecule has 0 amide bonds. The van der Waals surface area contributed by atoms with Crippen LogP contribution in [0.4, 0.5) is 0 Å². The Kier molecular flexibility index (Phi) is 7.60. The molecule has 0 spiro atoms. The highest BCUT2D eigenvalue weighted by Crippen LogP contribution is 2.44. The van der Waals surface area contributed by atoms with Gasteiger partial charge in [0.05, 0.1) is 32.5 Å². The van der Waals surface area contributed by atoms with Gasteiger partial charge in [0.2, 0.25) is 0 Å². The second-order valence-corrected chi connectivity index (χ2v) is 7.12. The molecule has 2 saturated heterocycles. The molecule has 0 unspecified atom stereocenters. The molecule has 1 aromatic heterocycles. The van der Waals surface area contributed by atoms with E-state index in [4.69, 9.17) is 34.2 Å². The zero-order chi connectivity index (χ0) is 20.6. The number of fused-ring (bicyclic) bond motifs is 2. The van der Waals surface area contributed by atoms with Crippen molar-refractivity contribution in [2.45, 2.75) is 57.3 Å². The lowest BCUT2D eigenvalue weighted by Crippen LogP contribution is -2.21. The first-order valence-electron chi connectivity index (χ1n) is 10.1. The molecule has 2 aromatic rings. The molecule has 2 aliphatic rings. The SMILES string of the molecule is CCOCCn1nc(Cc2ccccc2OC)nc1[C@@H]1C[C@@H]2CC[C@H]1O2.O=CO. The molecule has 158 valence electrons. The van der Waals surface area contributed by atoms with Crippen LogP contribution in [0.15, 0.2) is 24.3 Å². The van der Waals surface area contributed by atoms with Crippen molar-refractivity contribution in [2.24, 2.45) is 0 Å². The summed E-state index contributed by atoms with van der Waals surface area (Å²) >= 11 is 0. The summed E-state index contributed by atoms with van der Waals surface area (Å²) in [7, 11) is 1.70. The maximum atomic E-state index is 8.36. The Morgan fingerprint density at radius 1 is 1.34 bits per heavy atom. The summed E-state index contributed by atoms with van der Waals surface area (Å²) in [6.45, 7) is 3.87. The Labute approximate surface area is 170 Å². The molecule has 4 rings (SSSR count). The molecular weight excluding hydrogens is 374 g/mol. The number of ether oxygens (including phenoxy) is 3. The maximum Gasteiger partial charge on any atom is 0.290 e. The van der Waals surface area contributed by atoms with Crippen LogP contribution in [0.3, 0.4) is 0 Å². The van der Waals surface area contributed by atoms with E-state index < -0.39 is 0 Å². The highest BCUT2D eigenvalue weighted by molar-refractivity contribution is 5.35. The molecule has 0 saturated carbocycles.